The van der Waals surface area contributed by atoms with Crippen LogP contribution in [0.3, 0.4) is 0 Å². The van der Waals surface area contributed by atoms with E-state index in [9.17, 15) is 13.2 Å². The summed E-state index contributed by atoms with van der Waals surface area (Å²) in [5.74, 6) is -0.245. The minimum Gasteiger partial charge on any atom is -0.166 e. The quantitative estimate of drug-likeness (QED) is 0.554. The van der Waals surface area contributed by atoms with Crippen LogP contribution in [0.25, 0.3) is 11.1 Å². The molecule has 0 aliphatic carbocycles. The van der Waals surface area contributed by atoms with Crippen LogP contribution in [0.1, 0.15) is 11.1 Å². The third-order valence-electron chi connectivity index (χ3n) is 2.85. The molecule has 2 aromatic rings. The van der Waals surface area contributed by atoms with E-state index >= 15 is 0 Å². The van der Waals surface area contributed by atoms with E-state index < -0.39 is 11.7 Å². The van der Waals surface area contributed by atoms with Crippen LogP contribution in [0.15, 0.2) is 36.4 Å². The van der Waals surface area contributed by atoms with Crippen molar-refractivity contribution >= 4 is 34.8 Å². The van der Waals surface area contributed by atoms with Gasteiger partial charge in [0, 0.05) is 5.88 Å². The summed E-state index contributed by atoms with van der Waals surface area (Å²) < 4.78 is 38.9. The first-order valence-electron chi connectivity index (χ1n) is 5.55. The summed E-state index contributed by atoms with van der Waals surface area (Å²) in [5.41, 5.74) is 0.227. The lowest BCUT2D eigenvalue weighted by molar-refractivity contribution is -0.138. The molecule has 0 atom stereocenters. The zero-order chi connectivity index (χ0) is 14.9. The minimum absolute atomic E-state index is 0.0278. The predicted octanol–water partition coefficient (Wildman–Crippen LogP) is 6.42. The van der Waals surface area contributed by atoms with Gasteiger partial charge in [-0.2, -0.15) is 13.2 Å². The first-order chi connectivity index (χ1) is 9.34. The van der Waals surface area contributed by atoms with Gasteiger partial charge in [-0.15, -0.1) is 11.6 Å². The van der Waals surface area contributed by atoms with Gasteiger partial charge in [-0.3, -0.25) is 0 Å². The first-order valence-corrected chi connectivity index (χ1v) is 6.84. The second kappa shape index (κ2) is 5.84. The van der Waals surface area contributed by atoms with E-state index in [2.05, 4.69) is 0 Å². The normalized spacial score (nSPS) is 11.7. The zero-order valence-corrected chi connectivity index (χ0v) is 12.2. The van der Waals surface area contributed by atoms with Gasteiger partial charge in [0.25, 0.3) is 0 Å². The fraction of sp³-hybridized carbons (Fsp3) is 0.143. The molecule has 0 aromatic heterocycles. The zero-order valence-electron chi connectivity index (χ0n) is 9.94. The molecule has 0 aliphatic rings. The Balaban J connectivity index is 2.65. The topological polar surface area (TPSA) is 0 Å². The van der Waals surface area contributed by atoms with Crippen molar-refractivity contribution in [2.75, 3.05) is 0 Å². The summed E-state index contributed by atoms with van der Waals surface area (Å²) in [6.07, 6.45) is -4.45. The van der Waals surface area contributed by atoms with Gasteiger partial charge in [0.05, 0.1) is 15.6 Å². The van der Waals surface area contributed by atoms with Crippen LogP contribution in [0.5, 0.6) is 0 Å². The molecule has 0 spiro atoms. The molecule has 0 unspecified atom stereocenters. The molecule has 0 amide bonds. The predicted molar refractivity (Wildman–Crippen MR) is 76.5 cm³/mol. The molecule has 106 valence electrons. The van der Waals surface area contributed by atoms with E-state index in [1.54, 1.807) is 12.1 Å². The van der Waals surface area contributed by atoms with Crippen molar-refractivity contribution in [2.45, 2.75) is 12.1 Å². The van der Waals surface area contributed by atoms with E-state index in [0.29, 0.717) is 16.1 Å². The molecule has 0 fully saturated rings. The van der Waals surface area contributed by atoms with Gasteiger partial charge in [0.1, 0.15) is 0 Å². The molecule has 0 aliphatic heterocycles. The van der Waals surface area contributed by atoms with Crippen molar-refractivity contribution < 1.29 is 13.2 Å². The lowest BCUT2D eigenvalue weighted by Gasteiger charge is -2.15. The first kappa shape index (κ1) is 15.5. The van der Waals surface area contributed by atoms with Crippen LogP contribution in [0.2, 0.25) is 10.0 Å². The fourth-order valence-electron chi connectivity index (χ4n) is 1.93. The maximum Gasteiger partial charge on any atom is 0.416 e. The summed E-state index contributed by atoms with van der Waals surface area (Å²) in [5, 5.41) is 0.622. The van der Waals surface area contributed by atoms with E-state index in [4.69, 9.17) is 34.8 Å². The fourth-order valence-corrected chi connectivity index (χ4v) is 2.52. The van der Waals surface area contributed by atoms with Crippen molar-refractivity contribution in [3.05, 3.63) is 57.6 Å². The van der Waals surface area contributed by atoms with Gasteiger partial charge >= 0.3 is 6.18 Å². The van der Waals surface area contributed by atoms with Crippen LogP contribution in [0, 0.1) is 0 Å². The molecule has 6 heteroatoms. The molecular weight excluding hydrogens is 332 g/mol. The largest absolute Gasteiger partial charge is 0.416 e. The average Bonchev–Trinajstić information content (AvgIpc) is 2.40. The van der Waals surface area contributed by atoms with Gasteiger partial charge in [-0.05, 0) is 34.9 Å². The van der Waals surface area contributed by atoms with Crippen molar-refractivity contribution in [1.29, 1.82) is 0 Å². The Hall–Kier alpha value is -0.900. The molecule has 0 saturated heterocycles. The Labute approximate surface area is 129 Å². The monoisotopic (exact) mass is 338 g/mol. The van der Waals surface area contributed by atoms with E-state index in [-0.39, 0.29) is 16.5 Å². The molecule has 2 aromatic carbocycles. The van der Waals surface area contributed by atoms with Crippen molar-refractivity contribution in [1.82, 2.24) is 0 Å². The number of benzene rings is 2. The van der Waals surface area contributed by atoms with E-state index in [1.807, 2.05) is 0 Å². The Morgan fingerprint density at radius 2 is 1.65 bits per heavy atom. The van der Waals surface area contributed by atoms with Crippen LogP contribution in [0.4, 0.5) is 13.2 Å². The third kappa shape index (κ3) is 3.05. The Morgan fingerprint density at radius 3 is 2.20 bits per heavy atom. The van der Waals surface area contributed by atoms with Gasteiger partial charge in [0.15, 0.2) is 0 Å². The third-order valence-corrected chi connectivity index (χ3v) is 3.85. The maximum atomic E-state index is 13.0. The number of hydrogen-bond acceptors (Lipinski definition) is 0. The SMILES string of the molecule is FC(F)(F)c1cccc(-c2ccc(Cl)c(Cl)c2)c1CCl. The Kier molecular flexibility index (Phi) is 4.52. The second-order valence-corrected chi connectivity index (χ2v) is 5.17. The molecule has 0 saturated carbocycles. The van der Waals surface area contributed by atoms with Gasteiger partial charge in [-0.25, -0.2) is 0 Å². The Morgan fingerprint density at radius 1 is 0.950 bits per heavy atom. The summed E-state index contributed by atoms with van der Waals surface area (Å²) in [6, 6.07) is 8.61. The van der Waals surface area contributed by atoms with Gasteiger partial charge in [0.2, 0.25) is 0 Å². The Bertz CT molecular complexity index is 636. The molecular formula is C14H8Cl3F3. The highest BCUT2D eigenvalue weighted by molar-refractivity contribution is 6.42. The highest BCUT2D eigenvalue weighted by Gasteiger charge is 2.33. The van der Waals surface area contributed by atoms with Crippen molar-refractivity contribution in [3.8, 4) is 11.1 Å². The standard InChI is InChI=1S/C14H8Cl3F3/c15-7-10-9(2-1-3-11(10)14(18,19)20)8-4-5-12(16)13(17)6-8/h1-6H,7H2. The van der Waals surface area contributed by atoms with Gasteiger partial charge in [-0.1, -0.05) is 41.4 Å². The van der Waals surface area contributed by atoms with Crippen LogP contribution >= 0.6 is 34.8 Å². The highest BCUT2D eigenvalue weighted by Crippen LogP contribution is 2.38. The van der Waals surface area contributed by atoms with Gasteiger partial charge < -0.3 is 0 Å². The molecule has 0 N–H and O–H groups in total. The lowest BCUT2D eigenvalue weighted by atomic mass is 9.96. The van der Waals surface area contributed by atoms with Crippen LogP contribution < -0.4 is 0 Å². The highest BCUT2D eigenvalue weighted by atomic mass is 35.5. The summed E-state index contributed by atoms with van der Waals surface area (Å²) in [6.45, 7) is 0. The van der Waals surface area contributed by atoms with Crippen LogP contribution in [-0.2, 0) is 12.1 Å². The lowest BCUT2D eigenvalue weighted by Crippen LogP contribution is -2.09. The maximum absolute atomic E-state index is 13.0. The summed E-state index contributed by atoms with van der Waals surface area (Å²) >= 11 is 17.4. The van der Waals surface area contributed by atoms with Crippen LogP contribution in [-0.4, -0.2) is 0 Å². The molecule has 0 heterocycles. The second-order valence-electron chi connectivity index (χ2n) is 4.09. The molecule has 0 radical (unpaired) electrons. The van der Waals surface area contributed by atoms with E-state index in [0.717, 1.165) is 6.07 Å². The average molecular weight is 340 g/mol. The molecule has 0 nitrogen and oxygen atoms in total. The number of hydrogen-bond donors (Lipinski definition) is 0. The van der Waals surface area contributed by atoms with Crippen molar-refractivity contribution in [2.24, 2.45) is 0 Å². The number of alkyl halides is 4. The van der Waals surface area contributed by atoms with Crippen molar-refractivity contribution in [3.63, 3.8) is 0 Å². The summed E-state index contributed by atoms with van der Waals surface area (Å²) in [7, 11) is 0. The minimum atomic E-state index is -4.45. The summed E-state index contributed by atoms with van der Waals surface area (Å²) in [4.78, 5) is 0. The number of rotatable bonds is 2. The molecule has 0 bridgehead atoms. The van der Waals surface area contributed by atoms with E-state index in [1.165, 1.54) is 18.2 Å². The number of halogens is 6. The molecule has 20 heavy (non-hydrogen) atoms. The smallest absolute Gasteiger partial charge is 0.166 e. The molecule has 2 rings (SSSR count).